The predicted octanol–water partition coefficient (Wildman–Crippen LogP) is 5.14. The van der Waals surface area contributed by atoms with E-state index < -0.39 is 17.7 Å². The summed E-state index contributed by atoms with van der Waals surface area (Å²) in [5.41, 5.74) is 1.49. The number of H-pyrrole nitrogens is 1. The molecular weight excluding hydrogens is 458 g/mol. The SMILES string of the molecule is CCOc1cc(/C(O)=C2\C(=O)C(=O)N(c3nc4ccccc4[nH]3)C2c2ccc(C)o2)ccc1Cl. The highest BCUT2D eigenvalue weighted by Crippen LogP contribution is 2.42. The van der Waals surface area contributed by atoms with Crippen LogP contribution >= 0.6 is 11.6 Å². The molecule has 8 nitrogen and oxygen atoms in total. The largest absolute Gasteiger partial charge is 0.507 e. The minimum atomic E-state index is -1.03. The van der Waals surface area contributed by atoms with Gasteiger partial charge in [-0.15, -0.1) is 0 Å². The Kier molecular flexibility index (Phi) is 5.37. The molecule has 1 aliphatic heterocycles. The molecule has 1 unspecified atom stereocenters. The number of anilines is 1. The number of hydrogen-bond donors (Lipinski definition) is 2. The van der Waals surface area contributed by atoms with Crippen LogP contribution in [0.15, 0.2) is 64.6 Å². The maximum Gasteiger partial charge on any atom is 0.302 e. The predicted molar refractivity (Wildman–Crippen MR) is 127 cm³/mol. The van der Waals surface area contributed by atoms with Crippen LogP contribution in [0, 0.1) is 6.92 Å². The molecule has 4 aromatic rings. The number of aliphatic hydroxyl groups is 1. The highest BCUT2D eigenvalue weighted by molar-refractivity contribution is 6.51. The second-order valence-corrected chi connectivity index (χ2v) is 8.18. The summed E-state index contributed by atoms with van der Waals surface area (Å²) in [6.45, 7) is 3.93. The van der Waals surface area contributed by atoms with Gasteiger partial charge in [0.25, 0.3) is 5.78 Å². The van der Waals surface area contributed by atoms with Crippen molar-refractivity contribution in [1.29, 1.82) is 0 Å². The lowest BCUT2D eigenvalue weighted by molar-refractivity contribution is -0.132. The summed E-state index contributed by atoms with van der Waals surface area (Å²) in [7, 11) is 0. The third-order valence-corrected chi connectivity index (χ3v) is 5.90. The van der Waals surface area contributed by atoms with Gasteiger partial charge in [0.2, 0.25) is 5.95 Å². The van der Waals surface area contributed by atoms with Gasteiger partial charge in [-0.25, -0.2) is 4.98 Å². The number of fused-ring (bicyclic) bond motifs is 1. The number of amides is 1. The number of hydrogen-bond acceptors (Lipinski definition) is 6. The van der Waals surface area contributed by atoms with Crippen LogP contribution in [-0.4, -0.2) is 33.4 Å². The Morgan fingerprint density at radius 3 is 2.71 bits per heavy atom. The van der Waals surface area contributed by atoms with E-state index in [-0.39, 0.29) is 22.8 Å². The summed E-state index contributed by atoms with van der Waals surface area (Å²) < 4.78 is 11.3. The lowest BCUT2D eigenvalue weighted by Crippen LogP contribution is -2.30. The van der Waals surface area contributed by atoms with Crippen molar-refractivity contribution >= 4 is 46.0 Å². The zero-order valence-electron chi connectivity index (χ0n) is 18.3. The van der Waals surface area contributed by atoms with E-state index in [1.54, 1.807) is 44.2 Å². The number of aliphatic hydroxyl groups excluding tert-OH is 1. The third kappa shape index (κ3) is 3.52. The Balaban J connectivity index is 1.70. The number of benzene rings is 2. The Labute approximate surface area is 199 Å². The van der Waals surface area contributed by atoms with Crippen molar-refractivity contribution in [2.75, 3.05) is 11.5 Å². The fourth-order valence-electron chi connectivity index (χ4n) is 4.05. The molecule has 2 N–H and O–H groups in total. The summed E-state index contributed by atoms with van der Waals surface area (Å²) in [4.78, 5) is 35.3. The highest BCUT2D eigenvalue weighted by atomic mass is 35.5. The van der Waals surface area contributed by atoms with Crippen LogP contribution in [0.1, 0.15) is 30.0 Å². The van der Waals surface area contributed by atoms with E-state index in [4.69, 9.17) is 20.8 Å². The molecule has 2 aromatic carbocycles. The molecule has 5 rings (SSSR count). The Morgan fingerprint density at radius 2 is 2.00 bits per heavy atom. The minimum absolute atomic E-state index is 0.121. The van der Waals surface area contributed by atoms with Gasteiger partial charge in [-0.05, 0) is 56.3 Å². The van der Waals surface area contributed by atoms with Crippen molar-refractivity contribution in [3.8, 4) is 5.75 Å². The van der Waals surface area contributed by atoms with Crippen LogP contribution < -0.4 is 9.64 Å². The number of ether oxygens (including phenoxy) is 1. The number of para-hydroxylation sites is 2. The first kappa shape index (κ1) is 21.8. The van der Waals surface area contributed by atoms with Gasteiger partial charge < -0.3 is 19.2 Å². The number of furan rings is 1. The van der Waals surface area contributed by atoms with E-state index in [0.717, 1.165) is 0 Å². The standard InChI is InChI=1S/C25H20ClN3O5/c1-3-33-19-12-14(9-10-15(19)26)22(30)20-21(18-11-8-13(2)34-18)29(24(32)23(20)31)25-27-16-6-4-5-7-17(16)28-25/h4-12,21,30H,3H2,1-2H3,(H,27,28)/b22-20+. The fraction of sp³-hybridized carbons (Fsp3) is 0.160. The van der Waals surface area contributed by atoms with Crippen LogP contribution in [0.25, 0.3) is 16.8 Å². The molecule has 0 spiro atoms. The van der Waals surface area contributed by atoms with Gasteiger partial charge >= 0.3 is 5.91 Å². The molecule has 9 heteroatoms. The van der Waals surface area contributed by atoms with Crippen molar-refractivity contribution in [3.05, 3.63) is 82.3 Å². The van der Waals surface area contributed by atoms with Gasteiger partial charge in [-0.2, -0.15) is 0 Å². The number of aryl methyl sites for hydroxylation is 1. The van der Waals surface area contributed by atoms with Crippen molar-refractivity contribution in [2.45, 2.75) is 19.9 Å². The van der Waals surface area contributed by atoms with E-state index in [2.05, 4.69) is 9.97 Å². The number of imidazole rings is 1. The lowest BCUT2D eigenvalue weighted by Gasteiger charge is -2.20. The van der Waals surface area contributed by atoms with E-state index in [0.29, 0.717) is 39.9 Å². The van der Waals surface area contributed by atoms with Crippen molar-refractivity contribution < 1.29 is 23.8 Å². The van der Waals surface area contributed by atoms with Gasteiger partial charge in [0.05, 0.1) is 28.2 Å². The highest BCUT2D eigenvalue weighted by Gasteiger charge is 2.49. The van der Waals surface area contributed by atoms with Crippen LogP contribution in [0.4, 0.5) is 5.95 Å². The molecule has 2 aromatic heterocycles. The van der Waals surface area contributed by atoms with E-state index >= 15 is 0 Å². The summed E-state index contributed by atoms with van der Waals surface area (Å²) >= 11 is 6.18. The van der Waals surface area contributed by atoms with Crippen LogP contribution in [0.3, 0.4) is 0 Å². The van der Waals surface area contributed by atoms with Gasteiger partial charge in [0.1, 0.15) is 29.1 Å². The summed E-state index contributed by atoms with van der Waals surface area (Å²) in [5.74, 6) is -0.622. The van der Waals surface area contributed by atoms with Crippen LogP contribution in [-0.2, 0) is 9.59 Å². The van der Waals surface area contributed by atoms with Crippen LogP contribution in [0.5, 0.6) is 5.75 Å². The summed E-state index contributed by atoms with van der Waals surface area (Å²) in [6, 6.07) is 14.3. The Bertz CT molecular complexity index is 1440. The molecule has 0 bridgehead atoms. The number of nitrogens with zero attached hydrogens (tertiary/aromatic N) is 2. The van der Waals surface area contributed by atoms with Crippen molar-refractivity contribution in [1.82, 2.24) is 9.97 Å². The lowest BCUT2D eigenvalue weighted by atomic mass is 9.99. The van der Waals surface area contributed by atoms with Gasteiger partial charge in [-0.1, -0.05) is 23.7 Å². The number of carbonyl (C=O) groups excluding carboxylic acids is 2. The monoisotopic (exact) mass is 477 g/mol. The average Bonchev–Trinajstić information content (AvgIpc) is 3.51. The Hall–Kier alpha value is -4.04. The number of carbonyl (C=O) groups is 2. The Morgan fingerprint density at radius 1 is 1.21 bits per heavy atom. The maximum atomic E-state index is 13.2. The zero-order valence-corrected chi connectivity index (χ0v) is 19.1. The second kappa shape index (κ2) is 8.39. The van der Waals surface area contributed by atoms with Crippen molar-refractivity contribution in [2.24, 2.45) is 0 Å². The molecule has 1 fully saturated rings. The van der Waals surface area contributed by atoms with Gasteiger partial charge in [-0.3, -0.25) is 14.5 Å². The number of aromatic amines is 1. The minimum Gasteiger partial charge on any atom is -0.507 e. The molecular formula is C25H20ClN3O5. The molecule has 1 amide bonds. The normalized spacial score (nSPS) is 17.6. The summed E-state index contributed by atoms with van der Waals surface area (Å²) in [5, 5.41) is 11.6. The number of rotatable bonds is 5. The first-order valence-electron chi connectivity index (χ1n) is 10.6. The maximum absolute atomic E-state index is 13.2. The number of halogens is 1. The molecule has 1 aliphatic rings. The molecule has 1 saturated heterocycles. The van der Waals surface area contributed by atoms with Crippen LogP contribution in [0.2, 0.25) is 5.02 Å². The molecule has 0 radical (unpaired) electrons. The third-order valence-electron chi connectivity index (χ3n) is 5.58. The van der Waals surface area contributed by atoms with E-state index in [9.17, 15) is 14.7 Å². The van der Waals surface area contributed by atoms with Crippen molar-refractivity contribution in [3.63, 3.8) is 0 Å². The summed E-state index contributed by atoms with van der Waals surface area (Å²) in [6.07, 6.45) is 0. The molecule has 3 heterocycles. The quantitative estimate of drug-likeness (QED) is 0.234. The zero-order chi connectivity index (χ0) is 24.0. The topological polar surface area (TPSA) is 109 Å². The molecule has 0 saturated carbocycles. The van der Waals surface area contributed by atoms with Gasteiger partial charge in [0, 0.05) is 5.56 Å². The molecule has 172 valence electrons. The molecule has 34 heavy (non-hydrogen) atoms. The first-order chi connectivity index (χ1) is 16.4. The van der Waals surface area contributed by atoms with E-state index in [1.165, 1.54) is 11.0 Å². The number of aromatic nitrogens is 2. The fourth-order valence-corrected chi connectivity index (χ4v) is 4.22. The number of Topliss-reactive ketones (excluding diaryl/α,β-unsaturated/α-hetero) is 1. The number of nitrogens with one attached hydrogen (secondary N) is 1. The molecule has 0 aliphatic carbocycles. The average molecular weight is 478 g/mol. The molecule has 1 atom stereocenters. The van der Waals surface area contributed by atoms with E-state index in [1.807, 2.05) is 18.2 Å². The van der Waals surface area contributed by atoms with Gasteiger partial charge in [0.15, 0.2) is 0 Å². The smallest absolute Gasteiger partial charge is 0.302 e. The first-order valence-corrected chi connectivity index (χ1v) is 11.0. The second-order valence-electron chi connectivity index (χ2n) is 7.77. The number of ketones is 1.